The number of aromatic nitrogens is 3. The van der Waals surface area contributed by atoms with Crippen molar-refractivity contribution in [2.75, 3.05) is 12.8 Å². The highest BCUT2D eigenvalue weighted by atomic mass is 32.2. The van der Waals surface area contributed by atoms with Gasteiger partial charge in [0.25, 0.3) is 0 Å². The Morgan fingerprint density at radius 1 is 1.44 bits per heavy atom. The Morgan fingerprint density at radius 2 is 2.25 bits per heavy atom. The number of nitrogens with one attached hydrogen (secondary N) is 1. The van der Waals surface area contributed by atoms with Gasteiger partial charge in [-0.25, -0.2) is 5.10 Å². The van der Waals surface area contributed by atoms with Crippen molar-refractivity contribution in [3.05, 3.63) is 29.8 Å². The zero-order valence-corrected chi connectivity index (χ0v) is 9.62. The monoisotopic (exact) mass is 236 g/mol. The quantitative estimate of drug-likeness (QED) is 0.790. The first-order chi connectivity index (χ1) is 7.79. The van der Waals surface area contributed by atoms with Crippen molar-refractivity contribution in [3.8, 4) is 5.75 Å². The third kappa shape index (κ3) is 2.46. The second kappa shape index (κ2) is 4.89. The number of ether oxygens (including phenoxy) is 1. The fourth-order valence-electron chi connectivity index (χ4n) is 1.29. The molecule has 0 atom stereocenters. The summed E-state index contributed by atoms with van der Waals surface area (Å²) in [6.45, 7) is 0. The van der Waals surface area contributed by atoms with Crippen molar-refractivity contribution >= 4 is 17.7 Å². The van der Waals surface area contributed by atoms with Crippen LogP contribution in [-0.2, 0) is 5.75 Å². The maximum Gasteiger partial charge on any atom is 0.216 e. The number of nitrogen functional groups attached to an aromatic ring is 1. The molecule has 6 heteroatoms. The molecule has 0 bridgehead atoms. The summed E-state index contributed by atoms with van der Waals surface area (Å²) in [4.78, 5) is 4.01. The number of anilines is 1. The molecule has 1 aromatic heterocycles. The van der Waals surface area contributed by atoms with Crippen molar-refractivity contribution in [2.24, 2.45) is 0 Å². The van der Waals surface area contributed by atoms with E-state index in [0.29, 0.717) is 11.1 Å². The van der Waals surface area contributed by atoms with Crippen LogP contribution in [0, 0.1) is 0 Å². The molecule has 0 aliphatic rings. The standard InChI is InChI=1S/C10H12N4OS/c1-15-8-5-3-2-4-7(8)6-16-10-12-9(11)13-14-10/h2-5H,6H2,1H3,(H3,11,12,13,14). The number of rotatable bonds is 4. The van der Waals surface area contributed by atoms with Crippen LogP contribution in [0.1, 0.15) is 5.56 Å². The molecule has 1 heterocycles. The molecule has 5 nitrogen and oxygen atoms in total. The maximum atomic E-state index is 5.44. The first kappa shape index (κ1) is 10.8. The van der Waals surface area contributed by atoms with E-state index in [1.165, 1.54) is 11.8 Å². The van der Waals surface area contributed by atoms with E-state index in [2.05, 4.69) is 15.2 Å². The average molecular weight is 236 g/mol. The predicted octanol–water partition coefficient (Wildman–Crippen LogP) is 1.69. The van der Waals surface area contributed by atoms with Gasteiger partial charge in [-0.1, -0.05) is 30.0 Å². The summed E-state index contributed by atoms with van der Waals surface area (Å²) in [5.41, 5.74) is 6.55. The van der Waals surface area contributed by atoms with E-state index >= 15 is 0 Å². The van der Waals surface area contributed by atoms with E-state index < -0.39 is 0 Å². The largest absolute Gasteiger partial charge is 0.496 e. The summed E-state index contributed by atoms with van der Waals surface area (Å²) in [6.07, 6.45) is 0. The van der Waals surface area contributed by atoms with Gasteiger partial charge in [0.15, 0.2) is 0 Å². The van der Waals surface area contributed by atoms with Gasteiger partial charge in [-0.2, -0.15) is 4.98 Å². The van der Waals surface area contributed by atoms with Crippen molar-refractivity contribution in [1.82, 2.24) is 15.2 Å². The predicted molar refractivity (Wildman–Crippen MR) is 63.4 cm³/mol. The fourth-order valence-corrected chi connectivity index (χ4v) is 2.08. The molecule has 2 aromatic rings. The van der Waals surface area contributed by atoms with Crippen LogP contribution in [0.4, 0.5) is 5.95 Å². The van der Waals surface area contributed by atoms with Gasteiger partial charge in [-0.3, -0.25) is 0 Å². The third-order valence-corrected chi connectivity index (χ3v) is 2.93. The van der Waals surface area contributed by atoms with Crippen molar-refractivity contribution < 1.29 is 4.74 Å². The number of nitrogens with zero attached hydrogens (tertiary/aromatic N) is 2. The molecule has 0 saturated heterocycles. The van der Waals surface area contributed by atoms with Crippen LogP contribution < -0.4 is 10.5 Å². The van der Waals surface area contributed by atoms with Crippen LogP contribution in [0.25, 0.3) is 0 Å². The number of nitrogens with two attached hydrogens (primary N) is 1. The van der Waals surface area contributed by atoms with Gasteiger partial charge in [0.2, 0.25) is 11.1 Å². The molecule has 16 heavy (non-hydrogen) atoms. The first-order valence-corrected chi connectivity index (χ1v) is 5.70. The molecule has 0 unspecified atom stereocenters. The van der Waals surface area contributed by atoms with E-state index in [-0.39, 0.29) is 0 Å². The molecular formula is C10H12N4OS. The van der Waals surface area contributed by atoms with Gasteiger partial charge in [0.05, 0.1) is 7.11 Å². The van der Waals surface area contributed by atoms with E-state index in [1.54, 1.807) is 7.11 Å². The smallest absolute Gasteiger partial charge is 0.216 e. The highest BCUT2D eigenvalue weighted by Crippen LogP contribution is 2.25. The number of aromatic amines is 1. The molecule has 0 spiro atoms. The highest BCUT2D eigenvalue weighted by molar-refractivity contribution is 7.98. The second-order valence-electron chi connectivity index (χ2n) is 3.10. The summed E-state index contributed by atoms with van der Waals surface area (Å²) < 4.78 is 5.25. The molecule has 1 aromatic carbocycles. The maximum absolute atomic E-state index is 5.44. The summed E-state index contributed by atoms with van der Waals surface area (Å²) in [5, 5.41) is 7.19. The first-order valence-electron chi connectivity index (χ1n) is 4.72. The van der Waals surface area contributed by atoms with Crippen molar-refractivity contribution in [2.45, 2.75) is 10.9 Å². The Bertz CT molecular complexity index is 471. The number of para-hydroxylation sites is 1. The van der Waals surface area contributed by atoms with Gasteiger partial charge in [-0.05, 0) is 6.07 Å². The number of hydrogen-bond acceptors (Lipinski definition) is 5. The third-order valence-electron chi connectivity index (χ3n) is 2.03. The van der Waals surface area contributed by atoms with Crippen LogP contribution >= 0.6 is 11.8 Å². The Balaban J connectivity index is 2.04. The number of methoxy groups -OCH3 is 1. The molecule has 2 rings (SSSR count). The highest BCUT2D eigenvalue weighted by Gasteiger charge is 2.05. The lowest BCUT2D eigenvalue weighted by Crippen LogP contribution is -1.90. The van der Waals surface area contributed by atoms with E-state index in [4.69, 9.17) is 10.5 Å². The molecule has 0 fully saturated rings. The summed E-state index contributed by atoms with van der Waals surface area (Å²) >= 11 is 1.51. The zero-order chi connectivity index (χ0) is 11.4. The number of hydrogen-bond donors (Lipinski definition) is 2. The number of H-pyrrole nitrogens is 1. The minimum absolute atomic E-state index is 0.336. The molecule has 0 aliphatic heterocycles. The number of thioether (sulfide) groups is 1. The minimum atomic E-state index is 0.336. The Hall–Kier alpha value is -1.69. The molecule has 84 valence electrons. The lowest BCUT2D eigenvalue weighted by Gasteiger charge is -2.05. The lowest BCUT2D eigenvalue weighted by molar-refractivity contribution is 0.411. The lowest BCUT2D eigenvalue weighted by atomic mass is 10.2. The van der Waals surface area contributed by atoms with Crippen LogP contribution in [0.3, 0.4) is 0 Å². The van der Waals surface area contributed by atoms with E-state index in [1.807, 2.05) is 24.3 Å². The van der Waals surface area contributed by atoms with Crippen LogP contribution in [0.2, 0.25) is 0 Å². The van der Waals surface area contributed by atoms with Crippen molar-refractivity contribution in [1.29, 1.82) is 0 Å². The molecule has 0 amide bonds. The number of benzene rings is 1. The second-order valence-corrected chi connectivity index (χ2v) is 4.05. The Labute approximate surface area is 97.4 Å². The van der Waals surface area contributed by atoms with E-state index in [9.17, 15) is 0 Å². The van der Waals surface area contributed by atoms with Crippen LogP contribution in [0.15, 0.2) is 29.4 Å². The van der Waals surface area contributed by atoms with Crippen LogP contribution in [-0.4, -0.2) is 22.3 Å². The van der Waals surface area contributed by atoms with Gasteiger partial charge in [-0.15, -0.1) is 5.10 Å². The summed E-state index contributed by atoms with van der Waals surface area (Å²) in [5.74, 6) is 1.96. The average Bonchev–Trinajstić information content (AvgIpc) is 2.73. The molecule has 3 N–H and O–H groups in total. The molecular weight excluding hydrogens is 224 g/mol. The normalized spacial score (nSPS) is 10.3. The SMILES string of the molecule is COc1ccccc1CSc1n[nH]c(N)n1. The van der Waals surface area contributed by atoms with Gasteiger partial charge >= 0.3 is 0 Å². The summed E-state index contributed by atoms with van der Waals surface area (Å²) in [6, 6.07) is 7.87. The van der Waals surface area contributed by atoms with Gasteiger partial charge < -0.3 is 10.5 Å². The molecule has 0 saturated carbocycles. The fraction of sp³-hybridized carbons (Fsp3) is 0.200. The summed E-state index contributed by atoms with van der Waals surface area (Å²) in [7, 11) is 1.66. The van der Waals surface area contributed by atoms with E-state index in [0.717, 1.165) is 17.1 Å². The van der Waals surface area contributed by atoms with Gasteiger partial charge in [0, 0.05) is 11.3 Å². The molecule has 0 radical (unpaired) electrons. The topological polar surface area (TPSA) is 76.8 Å². The molecule has 0 aliphatic carbocycles. The zero-order valence-electron chi connectivity index (χ0n) is 8.80. The van der Waals surface area contributed by atoms with Crippen LogP contribution in [0.5, 0.6) is 5.75 Å². The van der Waals surface area contributed by atoms with Crippen molar-refractivity contribution in [3.63, 3.8) is 0 Å². The Kier molecular flexibility index (Phi) is 3.31. The van der Waals surface area contributed by atoms with Gasteiger partial charge in [0.1, 0.15) is 5.75 Å². The minimum Gasteiger partial charge on any atom is -0.496 e. The Morgan fingerprint density at radius 3 is 2.94 bits per heavy atom.